The summed E-state index contributed by atoms with van der Waals surface area (Å²) in [7, 11) is 0. The smallest absolute Gasteiger partial charge is 0.306 e. The highest BCUT2D eigenvalue weighted by Crippen LogP contribution is 2.17. The lowest BCUT2D eigenvalue weighted by atomic mass is 10.0. The maximum atomic E-state index is 12.9. The lowest BCUT2D eigenvalue weighted by Crippen LogP contribution is -2.30. The molecule has 0 aromatic rings. The maximum Gasteiger partial charge on any atom is 0.306 e. The number of hydrogen-bond donors (Lipinski definition) is 0. The normalized spacial score (nSPS) is 12.4. The number of esters is 3. The van der Waals surface area contributed by atoms with Crippen LogP contribution < -0.4 is 0 Å². The van der Waals surface area contributed by atoms with Crippen LogP contribution in [0.25, 0.3) is 0 Å². The van der Waals surface area contributed by atoms with Gasteiger partial charge in [-0.3, -0.25) is 14.4 Å². The summed E-state index contributed by atoms with van der Waals surface area (Å²) < 4.78 is 16.9. The topological polar surface area (TPSA) is 78.9 Å². The molecular formula is C65H116O6. The predicted octanol–water partition coefficient (Wildman–Crippen LogP) is 20.8. The minimum absolute atomic E-state index is 0.0840. The van der Waals surface area contributed by atoms with Crippen molar-refractivity contribution in [3.05, 3.63) is 60.8 Å². The van der Waals surface area contributed by atoms with Crippen LogP contribution >= 0.6 is 0 Å². The van der Waals surface area contributed by atoms with Gasteiger partial charge in [0, 0.05) is 19.3 Å². The van der Waals surface area contributed by atoms with E-state index in [9.17, 15) is 14.4 Å². The SMILES string of the molecule is CCCCC/C=C\C/C=C\C/C=C\C/C=C\CCCCCC(=O)OC[C@H](COC(=O)CCCCCCCCC/C=C\CCCCCC)OC(=O)CCCCCCCCCCCCCCCCCCCCC. The molecule has 0 radical (unpaired) electrons. The molecule has 0 unspecified atom stereocenters. The van der Waals surface area contributed by atoms with E-state index in [0.29, 0.717) is 19.3 Å². The van der Waals surface area contributed by atoms with Crippen LogP contribution in [0.5, 0.6) is 0 Å². The predicted molar refractivity (Wildman–Crippen MR) is 307 cm³/mol. The van der Waals surface area contributed by atoms with E-state index in [-0.39, 0.29) is 31.1 Å². The highest BCUT2D eigenvalue weighted by atomic mass is 16.6. The third kappa shape index (κ3) is 57.9. The molecule has 0 fully saturated rings. The van der Waals surface area contributed by atoms with Crippen LogP contribution in [-0.4, -0.2) is 37.2 Å². The van der Waals surface area contributed by atoms with Crippen LogP contribution in [-0.2, 0) is 28.6 Å². The van der Waals surface area contributed by atoms with E-state index in [4.69, 9.17) is 14.2 Å². The van der Waals surface area contributed by atoms with Crippen molar-refractivity contribution in [2.75, 3.05) is 13.2 Å². The molecule has 0 amide bonds. The van der Waals surface area contributed by atoms with Crippen molar-refractivity contribution in [3.63, 3.8) is 0 Å². The van der Waals surface area contributed by atoms with Crippen molar-refractivity contribution in [2.24, 2.45) is 0 Å². The second-order valence-electron chi connectivity index (χ2n) is 20.6. The Kier molecular flexibility index (Phi) is 57.2. The number of carbonyl (C=O) groups excluding carboxylic acids is 3. The molecule has 0 heterocycles. The quantitative estimate of drug-likeness (QED) is 0.0261. The van der Waals surface area contributed by atoms with Gasteiger partial charge in [0.25, 0.3) is 0 Å². The lowest BCUT2D eigenvalue weighted by molar-refractivity contribution is -0.167. The largest absolute Gasteiger partial charge is 0.462 e. The Labute approximate surface area is 440 Å². The summed E-state index contributed by atoms with van der Waals surface area (Å²) >= 11 is 0. The molecule has 0 bridgehead atoms. The van der Waals surface area contributed by atoms with Gasteiger partial charge in [0.05, 0.1) is 0 Å². The molecule has 1 atom stereocenters. The van der Waals surface area contributed by atoms with Crippen molar-refractivity contribution in [1.29, 1.82) is 0 Å². The van der Waals surface area contributed by atoms with E-state index in [0.717, 1.165) is 83.5 Å². The van der Waals surface area contributed by atoms with Crippen molar-refractivity contribution in [1.82, 2.24) is 0 Å². The lowest BCUT2D eigenvalue weighted by Gasteiger charge is -2.18. The number of rotatable bonds is 56. The van der Waals surface area contributed by atoms with Gasteiger partial charge in [-0.25, -0.2) is 0 Å². The van der Waals surface area contributed by atoms with Crippen LogP contribution in [0.15, 0.2) is 60.8 Å². The average Bonchev–Trinajstić information content (AvgIpc) is 3.37. The summed E-state index contributed by atoms with van der Waals surface area (Å²) in [6.07, 6.45) is 75.0. The van der Waals surface area contributed by atoms with Gasteiger partial charge in [0.15, 0.2) is 6.10 Å². The van der Waals surface area contributed by atoms with Crippen molar-refractivity contribution in [2.45, 2.75) is 322 Å². The second-order valence-corrected chi connectivity index (χ2v) is 20.6. The van der Waals surface area contributed by atoms with Gasteiger partial charge in [0.1, 0.15) is 13.2 Å². The third-order valence-electron chi connectivity index (χ3n) is 13.5. The molecule has 0 aliphatic carbocycles. The summed E-state index contributed by atoms with van der Waals surface area (Å²) in [6.45, 7) is 6.61. The summed E-state index contributed by atoms with van der Waals surface area (Å²) in [5, 5.41) is 0. The van der Waals surface area contributed by atoms with Gasteiger partial charge in [-0.05, 0) is 89.9 Å². The van der Waals surface area contributed by atoms with Gasteiger partial charge in [-0.15, -0.1) is 0 Å². The van der Waals surface area contributed by atoms with Gasteiger partial charge in [0.2, 0.25) is 0 Å². The first-order chi connectivity index (χ1) is 35.0. The molecular weight excluding hydrogens is 877 g/mol. The molecule has 0 aliphatic rings. The molecule has 0 aromatic carbocycles. The van der Waals surface area contributed by atoms with Crippen molar-refractivity contribution in [3.8, 4) is 0 Å². The molecule has 0 N–H and O–H groups in total. The van der Waals surface area contributed by atoms with Gasteiger partial charge in [-0.1, -0.05) is 268 Å². The molecule has 412 valence electrons. The average molecular weight is 994 g/mol. The standard InChI is InChI=1S/C65H116O6/c1-4-7-10-13-16-19-22-25-28-30-32-34-37-40-43-46-49-52-55-58-64(67)70-61-62(60-69-63(66)57-54-51-48-45-42-39-36-27-24-21-18-15-12-9-6-3)71-65(68)59-56-53-50-47-44-41-38-35-33-31-29-26-23-20-17-14-11-8-5-2/h16,19,21,24-25,28,32,34,40,43,62H,4-15,17-18,20,22-23,26-27,29-31,33,35-39,41-42,44-61H2,1-3H3/b19-16-,24-21-,28-25-,34-32-,43-40-/t62-/m0/s1. The minimum Gasteiger partial charge on any atom is -0.462 e. The first-order valence-electron chi connectivity index (χ1n) is 30.8. The molecule has 0 rings (SSSR count). The van der Waals surface area contributed by atoms with Crippen LogP contribution in [0.2, 0.25) is 0 Å². The van der Waals surface area contributed by atoms with E-state index in [1.54, 1.807) is 0 Å². The van der Waals surface area contributed by atoms with Crippen molar-refractivity contribution < 1.29 is 28.6 Å². The number of allylic oxidation sites excluding steroid dienone is 10. The summed E-state index contributed by atoms with van der Waals surface area (Å²) in [6, 6.07) is 0. The first-order valence-corrected chi connectivity index (χ1v) is 30.8. The van der Waals surface area contributed by atoms with Crippen LogP contribution in [0.4, 0.5) is 0 Å². The molecule has 0 saturated heterocycles. The monoisotopic (exact) mass is 993 g/mol. The highest BCUT2D eigenvalue weighted by molar-refractivity contribution is 5.71. The molecule has 0 spiro atoms. The van der Waals surface area contributed by atoms with Crippen LogP contribution in [0.3, 0.4) is 0 Å². The summed E-state index contributed by atoms with van der Waals surface area (Å²) in [5.74, 6) is -0.903. The number of ether oxygens (including phenoxy) is 3. The third-order valence-corrected chi connectivity index (χ3v) is 13.5. The Hall–Kier alpha value is -2.89. The Morgan fingerprint density at radius 3 is 0.859 bits per heavy atom. The fraction of sp³-hybridized carbons (Fsp3) is 0.800. The Bertz CT molecular complexity index is 1280. The molecule has 0 aromatic heterocycles. The first kappa shape index (κ1) is 68.1. The van der Waals surface area contributed by atoms with E-state index >= 15 is 0 Å². The summed E-state index contributed by atoms with van der Waals surface area (Å²) in [4.78, 5) is 38.2. The summed E-state index contributed by atoms with van der Waals surface area (Å²) in [5.41, 5.74) is 0. The maximum absolute atomic E-state index is 12.9. The van der Waals surface area contributed by atoms with E-state index in [1.165, 1.54) is 193 Å². The second kappa shape index (κ2) is 59.7. The molecule has 71 heavy (non-hydrogen) atoms. The fourth-order valence-corrected chi connectivity index (χ4v) is 8.83. The molecule has 6 nitrogen and oxygen atoms in total. The minimum atomic E-state index is -0.788. The Morgan fingerprint density at radius 2 is 0.507 bits per heavy atom. The van der Waals surface area contributed by atoms with Gasteiger partial charge < -0.3 is 14.2 Å². The Morgan fingerprint density at radius 1 is 0.282 bits per heavy atom. The zero-order valence-corrected chi connectivity index (χ0v) is 47.2. The van der Waals surface area contributed by atoms with Gasteiger partial charge >= 0.3 is 17.9 Å². The number of carbonyl (C=O) groups is 3. The van der Waals surface area contributed by atoms with Crippen molar-refractivity contribution >= 4 is 17.9 Å². The van der Waals surface area contributed by atoms with E-state index in [1.807, 2.05) is 0 Å². The van der Waals surface area contributed by atoms with Gasteiger partial charge in [-0.2, -0.15) is 0 Å². The highest BCUT2D eigenvalue weighted by Gasteiger charge is 2.19. The van der Waals surface area contributed by atoms with Crippen LogP contribution in [0, 0.1) is 0 Å². The van der Waals surface area contributed by atoms with Crippen LogP contribution in [0.1, 0.15) is 316 Å². The number of hydrogen-bond acceptors (Lipinski definition) is 6. The molecule has 0 aliphatic heterocycles. The molecule has 6 heteroatoms. The zero-order valence-electron chi connectivity index (χ0n) is 47.2. The molecule has 0 saturated carbocycles. The van der Waals surface area contributed by atoms with E-state index < -0.39 is 6.10 Å². The fourth-order valence-electron chi connectivity index (χ4n) is 8.83. The number of unbranched alkanes of at least 4 members (excludes halogenated alkanes) is 35. The zero-order chi connectivity index (χ0) is 51.4. The Balaban J connectivity index is 4.40. The van der Waals surface area contributed by atoms with E-state index in [2.05, 4.69) is 81.5 Å².